The molecule has 1 aliphatic heterocycles. The number of carbonyl (C=O) groups excluding carboxylic acids is 2. The van der Waals surface area contributed by atoms with E-state index in [9.17, 15) is 14.0 Å². The number of hydrogen-bond acceptors (Lipinski definition) is 2. The molecule has 3 nitrogen and oxygen atoms in total. The highest BCUT2D eigenvalue weighted by atomic mass is 19.1. The molecule has 0 radical (unpaired) electrons. The fourth-order valence-corrected chi connectivity index (χ4v) is 2.14. The zero-order chi connectivity index (χ0) is 12.4. The van der Waals surface area contributed by atoms with E-state index in [4.69, 9.17) is 0 Å². The van der Waals surface area contributed by atoms with Crippen molar-refractivity contribution < 1.29 is 14.0 Å². The number of benzene rings is 1. The molecule has 90 valence electrons. The van der Waals surface area contributed by atoms with Crippen LogP contribution in [0.15, 0.2) is 18.2 Å². The number of hydrogen-bond donors (Lipinski definition) is 1. The summed E-state index contributed by atoms with van der Waals surface area (Å²) in [7, 11) is 0. The highest BCUT2D eigenvalue weighted by Crippen LogP contribution is 2.27. The van der Waals surface area contributed by atoms with E-state index in [1.54, 1.807) is 6.07 Å². The Morgan fingerprint density at radius 2 is 2.24 bits per heavy atom. The molecule has 0 spiro atoms. The molecule has 1 fully saturated rings. The highest BCUT2D eigenvalue weighted by Gasteiger charge is 2.21. The average molecular weight is 235 g/mol. The van der Waals surface area contributed by atoms with Crippen molar-refractivity contribution in [2.75, 3.05) is 6.54 Å². The number of carbonyl (C=O) groups is 2. The minimum atomic E-state index is -0.499. The van der Waals surface area contributed by atoms with Gasteiger partial charge in [-0.05, 0) is 37.0 Å². The molecule has 0 unspecified atom stereocenters. The van der Waals surface area contributed by atoms with Gasteiger partial charge in [-0.2, -0.15) is 0 Å². The van der Waals surface area contributed by atoms with Crippen LogP contribution in [0.25, 0.3) is 0 Å². The van der Waals surface area contributed by atoms with Crippen LogP contribution in [0, 0.1) is 5.82 Å². The first-order valence-electron chi connectivity index (χ1n) is 5.65. The number of halogens is 1. The SMILES string of the molecule is CC(=O)c1ccc([C@H]2CCNC(=O)C2)cc1F. The van der Waals surface area contributed by atoms with Crippen molar-refractivity contribution in [2.24, 2.45) is 0 Å². The lowest BCUT2D eigenvalue weighted by Crippen LogP contribution is -2.32. The summed E-state index contributed by atoms with van der Waals surface area (Å²) < 4.78 is 13.6. The van der Waals surface area contributed by atoms with Crippen molar-refractivity contribution >= 4 is 11.7 Å². The van der Waals surface area contributed by atoms with Gasteiger partial charge in [-0.3, -0.25) is 9.59 Å². The molecule has 1 amide bonds. The summed E-state index contributed by atoms with van der Waals surface area (Å²) in [4.78, 5) is 22.3. The predicted octanol–water partition coefficient (Wildman–Crippen LogP) is 2.02. The average Bonchev–Trinajstić information content (AvgIpc) is 2.28. The molecule has 4 heteroatoms. The summed E-state index contributed by atoms with van der Waals surface area (Å²) in [5.41, 5.74) is 0.899. The zero-order valence-electron chi connectivity index (χ0n) is 9.63. The van der Waals surface area contributed by atoms with Gasteiger partial charge in [0.05, 0.1) is 5.56 Å². The van der Waals surface area contributed by atoms with Crippen molar-refractivity contribution in [1.29, 1.82) is 0 Å². The molecule has 1 aromatic rings. The van der Waals surface area contributed by atoms with Crippen LogP contribution in [0.2, 0.25) is 0 Å². The Bertz CT molecular complexity index is 470. The smallest absolute Gasteiger partial charge is 0.220 e. The topological polar surface area (TPSA) is 46.2 Å². The van der Waals surface area contributed by atoms with Crippen LogP contribution in [0.5, 0.6) is 0 Å². The number of rotatable bonds is 2. The van der Waals surface area contributed by atoms with Crippen LogP contribution in [0.1, 0.15) is 41.6 Å². The summed E-state index contributed by atoms with van der Waals surface area (Å²) in [6.07, 6.45) is 1.20. The number of Topliss-reactive ketones (excluding diaryl/α,β-unsaturated/α-hetero) is 1. The van der Waals surface area contributed by atoms with Crippen LogP contribution < -0.4 is 5.32 Å². The maximum atomic E-state index is 13.6. The summed E-state index contributed by atoms with van der Waals surface area (Å²) in [5.74, 6) is -0.729. The second-order valence-electron chi connectivity index (χ2n) is 4.34. The highest BCUT2D eigenvalue weighted by molar-refractivity contribution is 5.94. The molecule has 2 rings (SSSR count). The number of ketones is 1. The van der Waals surface area contributed by atoms with E-state index in [1.165, 1.54) is 19.1 Å². The van der Waals surface area contributed by atoms with E-state index < -0.39 is 5.82 Å². The molecule has 0 saturated carbocycles. The van der Waals surface area contributed by atoms with Gasteiger partial charge in [-0.25, -0.2) is 4.39 Å². The summed E-state index contributed by atoms with van der Waals surface area (Å²) in [6.45, 7) is 1.96. The monoisotopic (exact) mass is 235 g/mol. The molecular formula is C13H14FNO2. The molecule has 0 aliphatic carbocycles. The molecule has 1 saturated heterocycles. The van der Waals surface area contributed by atoms with Crippen LogP contribution >= 0.6 is 0 Å². The van der Waals surface area contributed by atoms with Gasteiger partial charge in [0, 0.05) is 13.0 Å². The van der Waals surface area contributed by atoms with E-state index >= 15 is 0 Å². The van der Waals surface area contributed by atoms with E-state index in [2.05, 4.69) is 5.32 Å². The number of piperidine rings is 1. The van der Waals surface area contributed by atoms with Crippen LogP contribution in [-0.2, 0) is 4.79 Å². The standard InChI is InChI=1S/C13H14FNO2/c1-8(16)11-3-2-9(6-12(11)14)10-4-5-15-13(17)7-10/h2-3,6,10H,4-5,7H2,1H3,(H,15,17)/t10-/m0/s1. The Kier molecular flexibility index (Phi) is 3.22. The van der Waals surface area contributed by atoms with E-state index in [1.807, 2.05) is 0 Å². The lowest BCUT2D eigenvalue weighted by Gasteiger charge is -2.22. The minimum Gasteiger partial charge on any atom is -0.356 e. The van der Waals surface area contributed by atoms with Crippen LogP contribution in [0.3, 0.4) is 0 Å². The lowest BCUT2D eigenvalue weighted by molar-refractivity contribution is -0.122. The van der Waals surface area contributed by atoms with Gasteiger partial charge >= 0.3 is 0 Å². The quantitative estimate of drug-likeness (QED) is 0.797. The Balaban J connectivity index is 2.25. The van der Waals surface area contributed by atoms with Gasteiger partial charge in [-0.1, -0.05) is 6.07 Å². The van der Waals surface area contributed by atoms with Crippen molar-refractivity contribution in [3.05, 3.63) is 35.1 Å². The first-order valence-corrected chi connectivity index (χ1v) is 5.65. The fraction of sp³-hybridized carbons (Fsp3) is 0.385. The van der Waals surface area contributed by atoms with E-state index in [0.29, 0.717) is 13.0 Å². The van der Waals surface area contributed by atoms with Crippen molar-refractivity contribution in [2.45, 2.75) is 25.7 Å². The van der Waals surface area contributed by atoms with Gasteiger partial charge < -0.3 is 5.32 Å². The Labute approximate surface area is 99.0 Å². The van der Waals surface area contributed by atoms with E-state index in [0.717, 1.165) is 12.0 Å². The Morgan fingerprint density at radius 3 is 2.82 bits per heavy atom. The van der Waals surface area contributed by atoms with E-state index in [-0.39, 0.29) is 23.2 Å². The van der Waals surface area contributed by atoms with Gasteiger partial charge in [0.2, 0.25) is 5.91 Å². The molecule has 0 aromatic heterocycles. The third kappa shape index (κ3) is 2.52. The normalized spacial score (nSPS) is 19.9. The maximum absolute atomic E-state index is 13.6. The second kappa shape index (κ2) is 4.65. The molecule has 1 atom stereocenters. The van der Waals surface area contributed by atoms with Crippen molar-refractivity contribution in [3.8, 4) is 0 Å². The number of nitrogens with one attached hydrogen (secondary N) is 1. The molecular weight excluding hydrogens is 221 g/mol. The molecule has 1 aliphatic rings. The second-order valence-corrected chi connectivity index (χ2v) is 4.34. The molecule has 0 bridgehead atoms. The minimum absolute atomic E-state index is 0.00250. The van der Waals surface area contributed by atoms with Gasteiger partial charge in [0.15, 0.2) is 5.78 Å². The summed E-state index contributed by atoms with van der Waals surface area (Å²) in [6, 6.07) is 4.61. The van der Waals surface area contributed by atoms with Gasteiger partial charge in [0.25, 0.3) is 0 Å². The molecule has 17 heavy (non-hydrogen) atoms. The third-order valence-corrected chi connectivity index (χ3v) is 3.09. The zero-order valence-corrected chi connectivity index (χ0v) is 9.63. The van der Waals surface area contributed by atoms with Gasteiger partial charge in [-0.15, -0.1) is 0 Å². The summed E-state index contributed by atoms with van der Waals surface area (Å²) in [5, 5.41) is 2.74. The van der Waals surface area contributed by atoms with Crippen LogP contribution in [0.4, 0.5) is 4.39 Å². The Morgan fingerprint density at radius 1 is 1.47 bits per heavy atom. The molecule has 1 N–H and O–H groups in total. The molecule has 1 aromatic carbocycles. The molecule has 1 heterocycles. The van der Waals surface area contributed by atoms with Gasteiger partial charge in [0.1, 0.15) is 5.82 Å². The maximum Gasteiger partial charge on any atom is 0.220 e. The largest absolute Gasteiger partial charge is 0.356 e. The lowest BCUT2D eigenvalue weighted by atomic mass is 9.89. The van der Waals surface area contributed by atoms with Crippen molar-refractivity contribution in [1.82, 2.24) is 5.32 Å². The van der Waals surface area contributed by atoms with Crippen molar-refractivity contribution in [3.63, 3.8) is 0 Å². The first kappa shape index (κ1) is 11.8. The predicted molar refractivity (Wildman–Crippen MR) is 61.4 cm³/mol. The number of amides is 1. The first-order chi connectivity index (χ1) is 8.08. The summed E-state index contributed by atoms with van der Waals surface area (Å²) >= 11 is 0. The fourth-order valence-electron chi connectivity index (χ4n) is 2.14. The van der Waals surface area contributed by atoms with Crippen LogP contribution in [-0.4, -0.2) is 18.2 Å². The third-order valence-electron chi connectivity index (χ3n) is 3.09. The Hall–Kier alpha value is -1.71.